The molecule has 110 valence electrons. The van der Waals surface area contributed by atoms with Crippen LogP contribution in [0.5, 0.6) is 0 Å². The van der Waals surface area contributed by atoms with Crippen LogP contribution in [-0.4, -0.2) is 35.7 Å². The van der Waals surface area contributed by atoms with Crippen LogP contribution in [0.15, 0.2) is 30.3 Å². The first-order chi connectivity index (χ1) is 9.44. The van der Waals surface area contributed by atoms with Crippen LogP contribution in [-0.2, 0) is 11.3 Å². The van der Waals surface area contributed by atoms with E-state index in [0.29, 0.717) is 6.04 Å². The lowest BCUT2D eigenvalue weighted by Crippen LogP contribution is -2.38. The third-order valence-electron chi connectivity index (χ3n) is 3.28. The third kappa shape index (κ3) is 4.53. The van der Waals surface area contributed by atoms with Gasteiger partial charge >= 0.3 is 6.09 Å². The van der Waals surface area contributed by atoms with Crippen LogP contribution >= 0.6 is 0 Å². The molecule has 0 unspecified atom stereocenters. The fraction of sp³-hybridized carbons (Fsp3) is 0.562. The highest BCUT2D eigenvalue weighted by molar-refractivity contribution is 5.68. The zero-order chi connectivity index (χ0) is 14.6. The molecule has 1 saturated heterocycles. The summed E-state index contributed by atoms with van der Waals surface area (Å²) in [5.74, 6) is 0. The highest BCUT2D eigenvalue weighted by Gasteiger charge is 2.29. The Morgan fingerprint density at radius 3 is 2.70 bits per heavy atom. The van der Waals surface area contributed by atoms with Crippen LogP contribution in [0.3, 0.4) is 0 Å². The number of amides is 1. The predicted octanol–water partition coefficient (Wildman–Crippen LogP) is 2.79. The van der Waals surface area contributed by atoms with Gasteiger partial charge in [0.2, 0.25) is 0 Å². The molecule has 0 bridgehead atoms. The maximum absolute atomic E-state index is 12.0. The van der Waals surface area contributed by atoms with Gasteiger partial charge in [0.15, 0.2) is 0 Å². The minimum atomic E-state index is -0.424. The van der Waals surface area contributed by atoms with Gasteiger partial charge in [-0.2, -0.15) is 0 Å². The van der Waals surface area contributed by atoms with E-state index in [9.17, 15) is 4.79 Å². The highest BCUT2D eigenvalue weighted by Crippen LogP contribution is 2.15. The molecule has 1 aromatic rings. The smallest absolute Gasteiger partial charge is 0.410 e. The van der Waals surface area contributed by atoms with E-state index in [0.717, 1.165) is 26.1 Å². The van der Waals surface area contributed by atoms with Gasteiger partial charge in [0.05, 0.1) is 0 Å². The number of carbonyl (C=O) groups is 1. The predicted molar refractivity (Wildman–Crippen MR) is 79.5 cm³/mol. The number of carbonyl (C=O) groups excluding carboxylic acids is 1. The molecule has 0 aliphatic carbocycles. The minimum Gasteiger partial charge on any atom is -0.444 e. The second kappa shape index (κ2) is 6.27. The Morgan fingerprint density at radius 1 is 1.35 bits per heavy atom. The molecular formula is C16H24N2O2. The van der Waals surface area contributed by atoms with Crippen LogP contribution in [0.1, 0.15) is 32.8 Å². The van der Waals surface area contributed by atoms with Crippen molar-refractivity contribution in [1.82, 2.24) is 10.2 Å². The molecule has 0 spiro atoms. The van der Waals surface area contributed by atoms with Gasteiger partial charge in [0, 0.05) is 25.7 Å². The summed E-state index contributed by atoms with van der Waals surface area (Å²) in [6, 6.07) is 10.7. The van der Waals surface area contributed by atoms with Gasteiger partial charge < -0.3 is 15.0 Å². The Hall–Kier alpha value is -1.55. The van der Waals surface area contributed by atoms with Crippen molar-refractivity contribution in [3.63, 3.8) is 0 Å². The Balaban J connectivity index is 1.76. The Kier molecular flexibility index (Phi) is 4.65. The van der Waals surface area contributed by atoms with Crippen molar-refractivity contribution in [3.8, 4) is 0 Å². The molecule has 1 aromatic carbocycles. The largest absolute Gasteiger partial charge is 0.444 e. The van der Waals surface area contributed by atoms with E-state index in [1.807, 2.05) is 39.0 Å². The summed E-state index contributed by atoms with van der Waals surface area (Å²) in [4.78, 5) is 13.7. The van der Waals surface area contributed by atoms with Crippen LogP contribution in [0.4, 0.5) is 4.79 Å². The van der Waals surface area contributed by atoms with Crippen LogP contribution in [0, 0.1) is 0 Å². The molecule has 0 radical (unpaired) electrons. The lowest BCUT2D eigenvalue weighted by molar-refractivity contribution is 0.0291. The minimum absolute atomic E-state index is 0.207. The maximum atomic E-state index is 12.0. The first kappa shape index (κ1) is 14.9. The Bertz CT molecular complexity index is 440. The molecule has 2 rings (SSSR count). The number of likely N-dealkylation sites (tertiary alicyclic amines) is 1. The zero-order valence-electron chi connectivity index (χ0n) is 12.6. The molecule has 1 heterocycles. The van der Waals surface area contributed by atoms with E-state index in [2.05, 4.69) is 17.4 Å². The molecule has 4 nitrogen and oxygen atoms in total. The third-order valence-corrected chi connectivity index (χ3v) is 3.28. The van der Waals surface area contributed by atoms with Gasteiger partial charge in [-0.05, 0) is 32.8 Å². The molecular weight excluding hydrogens is 252 g/mol. The van der Waals surface area contributed by atoms with Crippen LogP contribution in [0.2, 0.25) is 0 Å². The number of nitrogens with zero attached hydrogens (tertiary/aromatic N) is 1. The molecule has 1 atom stereocenters. The molecule has 1 N–H and O–H groups in total. The van der Waals surface area contributed by atoms with Crippen LogP contribution in [0.25, 0.3) is 0 Å². The summed E-state index contributed by atoms with van der Waals surface area (Å²) in [6.07, 6.45) is 0.771. The van der Waals surface area contributed by atoms with Crippen molar-refractivity contribution in [2.75, 3.05) is 13.1 Å². The second-order valence-corrected chi connectivity index (χ2v) is 6.28. The topological polar surface area (TPSA) is 41.6 Å². The molecule has 4 heteroatoms. The quantitative estimate of drug-likeness (QED) is 0.923. The van der Waals surface area contributed by atoms with Crippen molar-refractivity contribution in [2.45, 2.75) is 45.4 Å². The number of hydrogen-bond acceptors (Lipinski definition) is 3. The van der Waals surface area contributed by atoms with E-state index >= 15 is 0 Å². The summed E-state index contributed by atoms with van der Waals surface area (Å²) in [7, 11) is 0. The fourth-order valence-electron chi connectivity index (χ4n) is 2.28. The normalized spacial score (nSPS) is 19.1. The van der Waals surface area contributed by atoms with Gasteiger partial charge in [-0.25, -0.2) is 4.79 Å². The van der Waals surface area contributed by atoms with Gasteiger partial charge in [-0.1, -0.05) is 30.3 Å². The number of ether oxygens (including phenoxy) is 1. The van der Waals surface area contributed by atoms with Crippen molar-refractivity contribution in [1.29, 1.82) is 0 Å². The molecule has 1 fully saturated rings. The SMILES string of the molecule is CC(C)(C)OC(=O)N1CC[C@H](NCc2ccccc2)C1. The van der Waals surface area contributed by atoms with Crippen molar-refractivity contribution < 1.29 is 9.53 Å². The van der Waals surface area contributed by atoms with Gasteiger partial charge in [-0.15, -0.1) is 0 Å². The molecule has 0 saturated carbocycles. The summed E-state index contributed by atoms with van der Waals surface area (Å²) in [5.41, 5.74) is 0.843. The Morgan fingerprint density at radius 2 is 2.05 bits per heavy atom. The summed E-state index contributed by atoms with van der Waals surface area (Å²) >= 11 is 0. The van der Waals surface area contributed by atoms with E-state index in [4.69, 9.17) is 4.74 Å². The zero-order valence-corrected chi connectivity index (χ0v) is 12.6. The summed E-state index contributed by atoms with van der Waals surface area (Å²) < 4.78 is 5.39. The van der Waals surface area contributed by atoms with Gasteiger partial charge in [0.1, 0.15) is 5.60 Å². The summed E-state index contributed by atoms with van der Waals surface area (Å²) in [5, 5.41) is 3.50. The molecule has 20 heavy (non-hydrogen) atoms. The molecule has 0 aromatic heterocycles. The average molecular weight is 276 g/mol. The van der Waals surface area contributed by atoms with Crippen molar-refractivity contribution in [2.24, 2.45) is 0 Å². The monoisotopic (exact) mass is 276 g/mol. The van der Waals surface area contributed by atoms with Gasteiger partial charge in [-0.3, -0.25) is 0 Å². The van der Waals surface area contributed by atoms with E-state index in [1.165, 1.54) is 5.56 Å². The van der Waals surface area contributed by atoms with Crippen molar-refractivity contribution in [3.05, 3.63) is 35.9 Å². The lowest BCUT2D eigenvalue weighted by atomic mass is 10.2. The van der Waals surface area contributed by atoms with E-state index < -0.39 is 5.60 Å². The molecule has 1 amide bonds. The molecule has 1 aliphatic heterocycles. The maximum Gasteiger partial charge on any atom is 0.410 e. The number of benzene rings is 1. The number of hydrogen-bond donors (Lipinski definition) is 1. The van der Waals surface area contributed by atoms with Crippen molar-refractivity contribution >= 4 is 6.09 Å². The fourth-order valence-corrected chi connectivity index (χ4v) is 2.28. The first-order valence-electron chi connectivity index (χ1n) is 7.19. The second-order valence-electron chi connectivity index (χ2n) is 6.28. The van der Waals surface area contributed by atoms with Gasteiger partial charge in [0.25, 0.3) is 0 Å². The average Bonchev–Trinajstić information content (AvgIpc) is 2.84. The number of rotatable bonds is 3. The standard InChI is InChI=1S/C16H24N2O2/c1-16(2,3)20-15(19)18-10-9-14(12-18)17-11-13-7-5-4-6-8-13/h4-8,14,17H,9-12H2,1-3H3/t14-/m0/s1. The van der Waals surface area contributed by atoms with E-state index in [1.54, 1.807) is 4.90 Å². The lowest BCUT2D eigenvalue weighted by Gasteiger charge is -2.24. The highest BCUT2D eigenvalue weighted by atomic mass is 16.6. The first-order valence-corrected chi connectivity index (χ1v) is 7.19. The van der Waals surface area contributed by atoms with E-state index in [-0.39, 0.29) is 6.09 Å². The van der Waals surface area contributed by atoms with Crippen LogP contribution < -0.4 is 5.32 Å². The summed E-state index contributed by atoms with van der Waals surface area (Å²) in [6.45, 7) is 8.01. The molecule has 1 aliphatic rings. The Labute approximate surface area is 121 Å². The number of nitrogens with one attached hydrogen (secondary N) is 1.